The van der Waals surface area contributed by atoms with Crippen molar-refractivity contribution in [2.45, 2.75) is 52.5 Å². The molecule has 6 nitrogen and oxygen atoms in total. The summed E-state index contributed by atoms with van der Waals surface area (Å²) in [5.41, 5.74) is 5.47. The van der Waals surface area contributed by atoms with Crippen LogP contribution < -0.4 is 10.2 Å². The lowest BCUT2D eigenvalue weighted by Crippen LogP contribution is -2.45. The summed E-state index contributed by atoms with van der Waals surface area (Å²) in [5, 5.41) is 2.87. The maximum absolute atomic E-state index is 13.0. The number of benzene rings is 2. The van der Waals surface area contributed by atoms with Crippen LogP contribution in [0.15, 0.2) is 35.2 Å². The fourth-order valence-electron chi connectivity index (χ4n) is 4.83. The van der Waals surface area contributed by atoms with Gasteiger partial charge in [0.25, 0.3) is 11.1 Å². The number of thioether (sulfide) groups is 1. The standard InChI is InChI=1S/C27H30ClN3O3S/c1-15-8-7-9-16(2)24(15)29-23(32)14-31-25(33)22(35-26(31)34)11-18-10-19-17(3)13-27(4,5)30(6)21(19)12-20(18)28/h7-12,17H,13-14H2,1-6H3,(H,29,32)/b22-11+. The summed E-state index contributed by atoms with van der Waals surface area (Å²) in [6.07, 6.45) is 2.65. The third kappa shape index (κ3) is 4.84. The van der Waals surface area contributed by atoms with Crippen LogP contribution in [0.4, 0.5) is 16.2 Å². The number of aryl methyl sites for hydroxylation is 2. The van der Waals surface area contributed by atoms with Gasteiger partial charge in [-0.3, -0.25) is 19.3 Å². The van der Waals surface area contributed by atoms with Gasteiger partial charge in [0.05, 0.1) is 4.91 Å². The Morgan fingerprint density at radius 2 is 1.89 bits per heavy atom. The fraction of sp³-hybridized carbons (Fsp3) is 0.370. The number of amides is 3. The second-order valence-corrected chi connectivity index (χ2v) is 11.4. The van der Waals surface area contributed by atoms with E-state index in [1.54, 1.807) is 6.08 Å². The minimum absolute atomic E-state index is 0.0112. The molecule has 1 N–H and O–H groups in total. The number of carbonyl (C=O) groups excluding carboxylic acids is 3. The Bertz CT molecular complexity index is 1250. The van der Waals surface area contributed by atoms with Crippen LogP contribution in [-0.2, 0) is 9.59 Å². The van der Waals surface area contributed by atoms with E-state index in [0.29, 0.717) is 22.2 Å². The number of halogens is 1. The van der Waals surface area contributed by atoms with Crippen LogP contribution in [0.3, 0.4) is 0 Å². The van der Waals surface area contributed by atoms with Crippen LogP contribution in [0.2, 0.25) is 5.02 Å². The Kier molecular flexibility index (Phi) is 6.77. The Morgan fingerprint density at radius 3 is 2.54 bits per heavy atom. The van der Waals surface area contributed by atoms with E-state index in [0.717, 1.165) is 45.5 Å². The molecular formula is C27H30ClN3O3S. The molecule has 1 fully saturated rings. The molecule has 2 aliphatic rings. The van der Waals surface area contributed by atoms with Gasteiger partial charge >= 0.3 is 0 Å². The number of para-hydroxylation sites is 1. The molecule has 0 aromatic heterocycles. The van der Waals surface area contributed by atoms with E-state index >= 15 is 0 Å². The number of hydrogen-bond donors (Lipinski definition) is 1. The van der Waals surface area contributed by atoms with Gasteiger partial charge in [0.15, 0.2) is 0 Å². The molecule has 2 aromatic carbocycles. The van der Waals surface area contributed by atoms with Gasteiger partial charge in [0, 0.05) is 29.0 Å². The zero-order valence-electron chi connectivity index (χ0n) is 20.9. The first kappa shape index (κ1) is 25.3. The average molecular weight is 512 g/mol. The van der Waals surface area contributed by atoms with Crippen molar-refractivity contribution in [3.8, 4) is 0 Å². The Balaban J connectivity index is 1.55. The molecule has 184 valence electrons. The Labute approximate surface area is 215 Å². The van der Waals surface area contributed by atoms with Crippen molar-refractivity contribution in [2.75, 3.05) is 23.8 Å². The van der Waals surface area contributed by atoms with Gasteiger partial charge in [-0.05, 0) is 92.3 Å². The van der Waals surface area contributed by atoms with Gasteiger partial charge in [-0.15, -0.1) is 0 Å². The zero-order valence-corrected chi connectivity index (χ0v) is 22.4. The summed E-state index contributed by atoms with van der Waals surface area (Å²) in [6.45, 7) is 10.1. The second-order valence-electron chi connectivity index (χ2n) is 9.99. The molecule has 4 rings (SSSR count). The predicted molar refractivity (Wildman–Crippen MR) is 144 cm³/mol. The summed E-state index contributed by atoms with van der Waals surface area (Å²) in [7, 11) is 2.07. The lowest BCUT2D eigenvalue weighted by Gasteiger charge is -2.45. The summed E-state index contributed by atoms with van der Waals surface area (Å²) < 4.78 is 0. The lowest BCUT2D eigenvalue weighted by molar-refractivity contribution is -0.127. The van der Waals surface area contributed by atoms with E-state index in [1.807, 2.05) is 44.2 Å². The molecule has 2 aliphatic heterocycles. The Morgan fingerprint density at radius 1 is 1.23 bits per heavy atom. The van der Waals surface area contributed by atoms with Crippen LogP contribution in [0.1, 0.15) is 55.4 Å². The zero-order chi connectivity index (χ0) is 25.7. The van der Waals surface area contributed by atoms with Gasteiger partial charge in [-0.1, -0.05) is 36.7 Å². The monoisotopic (exact) mass is 511 g/mol. The van der Waals surface area contributed by atoms with Crippen molar-refractivity contribution in [2.24, 2.45) is 0 Å². The average Bonchev–Trinajstić information content (AvgIpc) is 3.03. The van der Waals surface area contributed by atoms with Crippen LogP contribution in [-0.4, -0.2) is 41.1 Å². The highest BCUT2D eigenvalue weighted by molar-refractivity contribution is 8.18. The largest absolute Gasteiger partial charge is 0.369 e. The molecule has 1 saturated heterocycles. The number of carbonyl (C=O) groups is 3. The number of hydrogen-bond acceptors (Lipinski definition) is 5. The highest BCUT2D eigenvalue weighted by Gasteiger charge is 2.37. The molecule has 35 heavy (non-hydrogen) atoms. The normalized spacial score (nSPS) is 20.4. The number of imide groups is 1. The third-order valence-corrected chi connectivity index (χ3v) is 8.19. The van der Waals surface area contributed by atoms with Crippen LogP contribution in [0.5, 0.6) is 0 Å². The third-order valence-electron chi connectivity index (χ3n) is 6.96. The number of anilines is 2. The van der Waals surface area contributed by atoms with Crippen LogP contribution in [0, 0.1) is 13.8 Å². The first-order valence-corrected chi connectivity index (χ1v) is 12.8. The molecule has 1 atom stereocenters. The van der Waals surface area contributed by atoms with Crippen molar-refractivity contribution in [1.29, 1.82) is 0 Å². The lowest BCUT2D eigenvalue weighted by atomic mass is 9.80. The van der Waals surface area contributed by atoms with E-state index in [4.69, 9.17) is 11.6 Å². The number of rotatable bonds is 4. The topological polar surface area (TPSA) is 69.7 Å². The van der Waals surface area contributed by atoms with Crippen molar-refractivity contribution < 1.29 is 14.4 Å². The second kappa shape index (κ2) is 9.36. The van der Waals surface area contributed by atoms with E-state index < -0.39 is 17.1 Å². The van der Waals surface area contributed by atoms with Gasteiger partial charge in [0.2, 0.25) is 5.91 Å². The summed E-state index contributed by atoms with van der Waals surface area (Å²) in [5.74, 6) is -0.585. The first-order valence-electron chi connectivity index (χ1n) is 11.6. The minimum atomic E-state index is -0.489. The minimum Gasteiger partial charge on any atom is -0.369 e. The van der Waals surface area contributed by atoms with E-state index in [2.05, 4.69) is 38.0 Å². The molecule has 0 bridgehead atoms. The number of nitrogens with one attached hydrogen (secondary N) is 1. The first-order chi connectivity index (χ1) is 16.4. The molecule has 1 unspecified atom stereocenters. The van der Waals surface area contributed by atoms with Gasteiger partial charge in [0.1, 0.15) is 6.54 Å². The van der Waals surface area contributed by atoms with E-state index in [9.17, 15) is 14.4 Å². The van der Waals surface area contributed by atoms with E-state index in [1.165, 1.54) is 0 Å². The predicted octanol–water partition coefficient (Wildman–Crippen LogP) is 6.35. The molecular weight excluding hydrogens is 482 g/mol. The molecule has 0 saturated carbocycles. The Hall–Kier alpha value is -2.77. The highest BCUT2D eigenvalue weighted by Crippen LogP contribution is 2.45. The maximum atomic E-state index is 13.0. The van der Waals surface area contributed by atoms with Crippen LogP contribution in [0.25, 0.3) is 6.08 Å². The van der Waals surface area contributed by atoms with Crippen molar-refractivity contribution >= 4 is 57.9 Å². The molecule has 2 heterocycles. The van der Waals surface area contributed by atoms with Gasteiger partial charge in [-0.2, -0.15) is 0 Å². The number of nitrogens with zero attached hydrogens (tertiary/aromatic N) is 2. The van der Waals surface area contributed by atoms with Crippen molar-refractivity contribution in [3.63, 3.8) is 0 Å². The SMILES string of the molecule is Cc1cccc(C)c1NC(=O)CN1C(=O)S/C(=C/c2cc3c(cc2Cl)N(C)C(C)(C)CC3C)C1=O. The van der Waals surface area contributed by atoms with Gasteiger partial charge in [-0.25, -0.2) is 0 Å². The highest BCUT2D eigenvalue weighted by atomic mass is 35.5. The van der Waals surface area contributed by atoms with Gasteiger partial charge < -0.3 is 10.2 Å². The molecule has 3 amide bonds. The molecule has 0 aliphatic carbocycles. The van der Waals surface area contributed by atoms with Crippen molar-refractivity contribution in [1.82, 2.24) is 4.90 Å². The molecule has 0 spiro atoms. The molecule has 0 radical (unpaired) electrons. The summed E-state index contributed by atoms with van der Waals surface area (Å²) in [6, 6.07) is 9.64. The quantitative estimate of drug-likeness (QED) is 0.484. The summed E-state index contributed by atoms with van der Waals surface area (Å²) >= 11 is 7.44. The maximum Gasteiger partial charge on any atom is 0.294 e. The summed E-state index contributed by atoms with van der Waals surface area (Å²) in [4.78, 5) is 41.8. The molecule has 2 aromatic rings. The fourth-order valence-corrected chi connectivity index (χ4v) is 5.87. The van der Waals surface area contributed by atoms with E-state index in [-0.39, 0.29) is 17.0 Å². The van der Waals surface area contributed by atoms with Crippen molar-refractivity contribution in [3.05, 3.63) is 62.5 Å². The van der Waals surface area contributed by atoms with Crippen LogP contribution >= 0.6 is 23.4 Å². The molecule has 8 heteroatoms. The smallest absolute Gasteiger partial charge is 0.294 e. The number of fused-ring (bicyclic) bond motifs is 1.